The number of hydrogen-bond acceptors (Lipinski definition) is 2. The number of carbonyl (C=O) groups excluding carboxylic acids is 1. The highest BCUT2D eigenvalue weighted by molar-refractivity contribution is 9.10. The summed E-state index contributed by atoms with van der Waals surface area (Å²) < 4.78 is 0.887. The molecule has 4 heteroatoms. The summed E-state index contributed by atoms with van der Waals surface area (Å²) in [6.07, 6.45) is 1.97. The molecule has 0 N–H and O–H groups in total. The summed E-state index contributed by atoms with van der Waals surface area (Å²) in [5, 5.41) is 9.24. The molecule has 0 aliphatic rings. The number of carbonyl (C=O) groups is 1. The fourth-order valence-electron chi connectivity index (χ4n) is 1.91. The Morgan fingerprint density at radius 3 is 2.50 bits per heavy atom. The molecule has 100 valence electrons. The molecule has 0 saturated carbocycles. The van der Waals surface area contributed by atoms with Gasteiger partial charge in [0.1, 0.15) is 0 Å². The predicted octanol–water partition coefficient (Wildman–Crippen LogP) is 3.88. The van der Waals surface area contributed by atoms with Crippen LogP contribution in [0.5, 0.6) is 0 Å². The van der Waals surface area contributed by atoms with E-state index in [1.807, 2.05) is 49.5 Å². The molecule has 0 radical (unpaired) electrons. The van der Waals surface area contributed by atoms with E-state index in [0.29, 0.717) is 5.56 Å². The van der Waals surface area contributed by atoms with Crippen molar-refractivity contribution in [3.63, 3.8) is 0 Å². The van der Waals surface area contributed by atoms with Crippen molar-refractivity contribution < 1.29 is 4.79 Å². The lowest BCUT2D eigenvalue weighted by Crippen LogP contribution is -2.26. The standard InChI is InChI=1S/C16H13BrN2O/c1-12-6-2-4-8-14(12)16(20)19(11-18)10-13-7-3-5-9-15(13)17/h2-9H,10H2,1H3. The number of nitrogens with zero attached hydrogens (tertiary/aromatic N) is 2. The maximum absolute atomic E-state index is 12.4. The lowest BCUT2D eigenvalue weighted by molar-refractivity contribution is 0.0823. The van der Waals surface area contributed by atoms with Crippen LogP contribution in [0.25, 0.3) is 0 Å². The fourth-order valence-corrected chi connectivity index (χ4v) is 2.32. The number of nitriles is 1. The van der Waals surface area contributed by atoms with Crippen LogP contribution >= 0.6 is 15.9 Å². The number of halogens is 1. The van der Waals surface area contributed by atoms with E-state index < -0.39 is 0 Å². The summed E-state index contributed by atoms with van der Waals surface area (Å²) in [6.45, 7) is 2.12. The number of benzene rings is 2. The summed E-state index contributed by atoms with van der Waals surface area (Å²) in [5.74, 6) is -0.277. The average molecular weight is 329 g/mol. The molecule has 2 aromatic rings. The summed E-state index contributed by atoms with van der Waals surface area (Å²) in [6, 6.07) is 14.8. The van der Waals surface area contributed by atoms with E-state index in [1.54, 1.807) is 12.1 Å². The minimum atomic E-state index is -0.277. The third-order valence-electron chi connectivity index (χ3n) is 3.03. The summed E-state index contributed by atoms with van der Waals surface area (Å²) in [7, 11) is 0. The van der Waals surface area contributed by atoms with Crippen LogP contribution in [-0.2, 0) is 6.54 Å². The van der Waals surface area contributed by atoms with Gasteiger partial charge in [0.25, 0.3) is 5.91 Å². The first-order valence-corrected chi connectivity index (χ1v) is 6.93. The van der Waals surface area contributed by atoms with Crippen LogP contribution in [0.3, 0.4) is 0 Å². The zero-order valence-electron chi connectivity index (χ0n) is 11.0. The first-order valence-electron chi connectivity index (χ1n) is 6.14. The molecule has 0 spiro atoms. The minimum absolute atomic E-state index is 0.255. The first kappa shape index (κ1) is 14.3. The van der Waals surface area contributed by atoms with Crippen LogP contribution in [0.2, 0.25) is 0 Å². The molecule has 2 aromatic carbocycles. The number of rotatable bonds is 3. The lowest BCUT2D eigenvalue weighted by Gasteiger charge is -2.16. The monoisotopic (exact) mass is 328 g/mol. The van der Waals surface area contributed by atoms with E-state index in [1.165, 1.54) is 4.90 Å². The second-order valence-corrected chi connectivity index (χ2v) is 5.25. The summed E-state index contributed by atoms with van der Waals surface area (Å²) >= 11 is 3.43. The van der Waals surface area contributed by atoms with E-state index in [0.717, 1.165) is 15.6 Å². The molecule has 0 heterocycles. The quantitative estimate of drug-likeness (QED) is 0.634. The second-order valence-electron chi connectivity index (χ2n) is 4.40. The largest absolute Gasteiger partial charge is 0.268 e. The molecule has 0 aliphatic heterocycles. The van der Waals surface area contributed by atoms with E-state index in [4.69, 9.17) is 0 Å². The Balaban J connectivity index is 2.26. The molecule has 1 amide bonds. The zero-order chi connectivity index (χ0) is 14.5. The van der Waals surface area contributed by atoms with Gasteiger partial charge in [-0.15, -0.1) is 0 Å². The maximum Gasteiger partial charge on any atom is 0.267 e. The van der Waals surface area contributed by atoms with Gasteiger partial charge >= 0.3 is 0 Å². The van der Waals surface area contributed by atoms with Gasteiger partial charge in [-0.3, -0.25) is 4.79 Å². The molecule has 0 fully saturated rings. The maximum atomic E-state index is 12.4. The first-order chi connectivity index (χ1) is 9.63. The number of hydrogen-bond donors (Lipinski definition) is 0. The van der Waals surface area contributed by atoms with E-state index in [-0.39, 0.29) is 12.5 Å². The Morgan fingerprint density at radius 1 is 1.20 bits per heavy atom. The normalized spacial score (nSPS) is 9.85. The van der Waals surface area contributed by atoms with Crippen LogP contribution in [0.15, 0.2) is 53.0 Å². The molecule has 0 unspecified atom stereocenters. The Morgan fingerprint density at radius 2 is 1.85 bits per heavy atom. The van der Waals surface area contributed by atoms with Gasteiger partial charge in [-0.1, -0.05) is 52.3 Å². The van der Waals surface area contributed by atoms with E-state index in [2.05, 4.69) is 15.9 Å². The van der Waals surface area contributed by atoms with Crippen molar-refractivity contribution in [1.29, 1.82) is 5.26 Å². The number of aryl methyl sites for hydroxylation is 1. The molecule has 20 heavy (non-hydrogen) atoms. The predicted molar refractivity (Wildman–Crippen MR) is 80.8 cm³/mol. The molecule has 3 nitrogen and oxygen atoms in total. The topological polar surface area (TPSA) is 44.1 Å². The van der Waals surface area contributed by atoms with Crippen molar-refractivity contribution in [2.75, 3.05) is 0 Å². The van der Waals surface area contributed by atoms with Crippen LogP contribution in [0.1, 0.15) is 21.5 Å². The fraction of sp³-hybridized carbons (Fsp3) is 0.125. The van der Waals surface area contributed by atoms with E-state index >= 15 is 0 Å². The van der Waals surface area contributed by atoms with Crippen LogP contribution in [0, 0.1) is 18.4 Å². The molecule has 0 aromatic heterocycles. The molecule has 0 aliphatic carbocycles. The van der Waals surface area contributed by atoms with Crippen molar-refractivity contribution in [1.82, 2.24) is 4.90 Å². The van der Waals surface area contributed by atoms with Gasteiger partial charge in [-0.05, 0) is 30.2 Å². The minimum Gasteiger partial charge on any atom is -0.268 e. The van der Waals surface area contributed by atoms with Gasteiger partial charge in [0, 0.05) is 10.0 Å². The Bertz CT molecular complexity index is 676. The Labute approximate surface area is 126 Å². The van der Waals surface area contributed by atoms with Crippen LogP contribution < -0.4 is 0 Å². The van der Waals surface area contributed by atoms with Crippen molar-refractivity contribution in [2.24, 2.45) is 0 Å². The van der Waals surface area contributed by atoms with Gasteiger partial charge in [0.05, 0.1) is 6.54 Å². The average Bonchev–Trinajstić information content (AvgIpc) is 2.46. The van der Waals surface area contributed by atoms with Crippen molar-refractivity contribution >= 4 is 21.8 Å². The highest BCUT2D eigenvalue weighted by atomic mass is 79.9. The summed E-state index contributed by atoms with van der Waals surface area (Å²) in [5.41, 5.74) is 2.32. The van der Waals surface area contributed by atoms with Crippen molar-refractivity contribution in [2.45, 2.75) is 13.5 Å². The summed E-state index contributed by atoms with van der Waals surface area (Å²) in [4.78, 5) is 13.6. The van der Waals surface area contributed by atoms with Crippen molar-refractivity contribution in [3.05, 3.63) is 69.7 Å². The zero-order valence-corrected chi connectivity index (χ0v) is 12.6. The third-order valence-corrected chi connectivity index (χ3v) is 3.80. The van der Waals surface area contributed by atoms with Crippen molar-refractivity contribution in [3.8, 4) is 6.19 Å². The molecule has 2 rings (SSSR count). The second kappa shape index (κ2) is 6.36. The van der Waals surface area contributed by atoms with Gasteiger partial charge in [0.2, 0.25) is 0 Å². The Hall–Kier alpha value is -2.12. The SMILES string of the molecule is Cc1ccccc1C(=O)N(C#N)Cc1ccccc1Br. The lowest BCUT2D eigenvalue weighted by atomic mass is 10.1. The molecular weight excluding hydrogens is 316 g/mol. The van der Waals surface area contributed by atoms with Gasteiger partial charge in [-0.2, -0.15) is 5.26 Å². The number of amides is 1. The van der Waals surface area contributed by atoms with E-state index in [9.17, 15) is 10.1 Å². The molecule has 0 saturated heterocycles. The highest BCUT2D eigenvalue weighted by Crippen LogP contribution is 2.19. The molecular formula is C16H13BrN2O. The van der Waals surface area contributed by atoms with Crippen LogP contribution in [-0.4, -0.2) is 10.8 Å². The van der Waals surface area contributed by atoms with Gasteiger partial charge in [0.15, 0.2) is 6.19 Å². The van der Waals surface area contributed by atoms with Crippen LogP contribution in [0.4, 0.5) is 0 Å². The Kier molecular flexibility index (Phi) is 4.54. The highest BCUT2D eigenvalue weighted by Gasteiger charge is 2.18. The van der Waals surface area contributed by atoms with Gasteiger partial charge in [-0.25, -0.2) is 4.90 Å². The molecule has 0 bridgehead atoms. The smallest absolute Gasteiger partial charge is 0.267 e. The van der Waals surface area contributed by atoms with Gasteiger partial charge < -0.3 is 0 Å². The third kappa shape index (κ3) is 3.06. The molecule has 0 atom stereocenters.